The molecule has 0 aliphatic carbocycles. The van der Waals surface area contributed by atoms with Gasteiger partial charge in [0.25, 0.3) is 0 Å². The molecule has 0 bridgehead atoms. The van der Waals surface area contributed by atoms with Crippen LogP contribution >= 0.6 is 15.9 Å². The molecule has 1 nitrogen and oxygen atoms in total. The van der Waals surface area contributed by atoms with Crippen LogP contribution in [0.1, 0.15) is 6.92 Å². The Kier molecular flexibility index (Phi) is 1.92. The number of rotatable bonds is 0. The molecule has 1 N–H and O–H groups in total. The molecule has 1 unspecified atom stereocenters. The average molecular weight is 123 g/mol. The summed E-state index contributed by atoms with van der Waals surface area (Å²) in [6.45, 7) is 1.75. The average Bonchev–Trinajstić information content (AvgIpc) is 0.811. The molecule has 1 atom stereocenters. The van der Waals surface area contributed by atoms with Crippen molar-refractivity contribution in [2.24, 2.45) is 0 Å². The summed E-state index contributed by atoms with van der Waals surface area (Å²) >= 11 is 2.94. The second kappa shape index (κ2) is 1.73. The maximum absolute atomic E-state index is 6.50. The van der Waals surface area contributed by atoms with Gasteiger partial charge in [0, 0.05) is 0 Å². The van der Waals surface area contributed by atoms with E-state index in [9.17, 15) is 0 Å². The van der Waals surface area contributed by atoms with Crippen molar-refractivity contribution in [3.63, 3.8) is 0 Å². The van der Waals surface area contributed by atoms with Crippen molar-refractivity contribution >= 4 is 15.9 Å². The van der Waals surface area contributed by atoms with E-state index in [4.69, 9.17) is 5.73 Å². The lowest BCUT2D eigenvalue weighted by Crippen LogP contribution is -1.83. The zero-order valence-corrected chi connectivity index (χ0v) is 4.04. The molecular weight excluding hydrogens is 118 g/mol. The molecule has 4 heavy (non-hydrogen) atoms. The summed E-state index contributed by atoms with van der Waals surface area (Å²) in [5.74, 6) is 0. The summed E-state index contributed by atoms with van der Waals surface area (Å²) in [6, 6.07) is 0. The van der Waals surface area contributed by atoms with Crippen molar-refractivity contribution in [2.45, 2.75) is 11.9 Å². The van der Waals surface area contributed by atoms with Crippen molar-refractivity contribution in [3.8, 4) is 0 Å². The lowest BCUT2D eigenvalue weighted by molar-refractivity contribution is 1.03. The summed E-state index contributed by atoms with van der Waals surface area (Å²) in [7, 11) is 0. The highest BCUT2D eigenvalue weighted by molar-refractivity contribution is 9.09. The van der Waals surface area contributed by atoms with Gasteiger partial charge < -0.3 is 0 Å². The van der Waals surface area contributed by atoms with E-state index in [1.54, 1.807) is 6.92 Å². The summed E-state index contributed by atoms with van der Waals surface area (Å²) in [4.78, 5) is -0.104. The SMILES string of the molecule is CC([NH])Br. The Balaban J connectivity index is 2.32. The first-order chi connectivity index (χ1) is 1.73. The molecular formula is C2H5BrN. The minimum atomic E-state index is -0.104. The molecule has 0 spiro atoms. The molecule has 2 heteroatoms. The Morgan fingerprint density at radius 2 is 2.00 bits per heavy atom. The van der Waals surface area contributed by atoms with Crippen LogP contribution in [0.3, 0.4) is 0 Å². The monoisotopic (exact) mass is 122 g/mol. The smallest absolute Gasteiger partial charge is 0.0735 e. The first kappa shape index (κ1) is 4.44. The molecule has 0 saturated carbocycles. The molecule has 0 aliphatic rings. The van der Waals surface area contributed by atoms with Gasteiger partial charge in [0.2, 0.25) is 0 Å². The van der Waals surface area contributed by atoms with Crippen LogP contribution in [0.15, 0.2) is 0 Å². The largest absolute Gasteiger partial charge is 0.243 e. The third-order valence-corrected chi connectivity index (χ3v) is 0. The van der Waals surface area contributed by atoms with E-state index in [0.29, 0.717) is 0 Å². The lowest BCUT2D eigenvalue weighted by Gasteiger charge is -1.76. The molecule has 0 aromatic heterocycles. The fourth-order valence-electron chi connectivity index (χ4n) is 0. The first-order valence-corrected chi connectivity index (χ1v) is 2.00. The normalized spacial score (nSPS) is 15.8. The van der Waals surface area contributed by atoms with Gasteiger partial charge in [-0.3, -0.25) is 0 Å². The highest BCUT2D eigenvalue weighted by atomic mass is 79.9. The van der Waals surface area contributed by atoms with Gasteiger partial charge in [0.1, 0.15) is 0 Å². The Morgan fingerprint density at radius 3 is 2.00 bits per heavy atom. The fourth-order valence-corrected chi connectivity index (χ4v) is 0. The van der Waals surface area contributed by atoms with Crippen LogP contribution in [0, 0.1) is 0 Å². The number of nitrogens with one attached hydrogen (secondary N) is 1. The Morgan fingerprint density at radius 1 is 2.00 bits per heavy atom. The van der Waals surface area contributed by atoms with E-state index in [1.807, 2.05) is 0 Å². The van der Waals surface area contributed by atoms with E-state index in [-0.39, 0.29) is 4.95 Å². The molecule has 0 aromatic carbocycles. The maximum Gasteiger partial charge on any atom is 0.0735 e. The Hall–Kier alpha value is 0.440. The van der Waals surface area contributed by atoms with Gasteiger partial charge in [-0.25, -0.2) is 5.73 Å². The Bertz CT molecular complexity index is 10.8. The zero-order chi connectivity index (χ0) is 3.58. The first-order valence-electron chi connectivity index (χ1n) is 1.08. The minimum absolute atomic E-state index is 0.104. The number of hydrogen-bond donors (Lipinski definition) is 0. The molecule has 0 rings (SSSR count). The van der Waals surface area contributed by atoms with Crippen molar-refractivity contribution < 1.29 is 0 Å². The van der Waals surface area contributed by atoms with E-state index < -0.39 is 0 Å². The predicted octanol–water partition coefficient (Wildman–Crippen LogP) is 1.01. The lowest BCUT2D eigenvalue weighted by atomic mass is 10.8. The minimum Gasteiger partial charge on any atom is -0.243 e. The quantitative estimate of drug-likeness (QED) is 0.339. The van der Waals surface area contributed by atoms with Crippen LogP contribution in [0.25, 0.3) is 0 Å². The second-order valence-corrected chi connectivity index (χ2v) is 1.99. The van der Waals surface area contributed by atoms with E-state index in [0.717, 1.165) is 0 Å². The highest BCUT2D eigenvalue weighted by Gasteiger charge is 1.72. The van der Waals surface area contributed by atoms with E-state index >= 15 is 0 Å². The number of hydrogen-bond acceptors (Lipinski definition) is 0. The number of halogens is 1. The second-order valence-electron chi connectivity index (χ2n) is 0.616. The van der Waals surface area contributed by atoms with Gasteiger partial charge in [0.05, 0.1) is 4.95 Å². The fraction of sp³-hybridized carbons (Fsp3) is 1.00. The molecule has 0 heterocycles. The van der Waals surface area contributed by atoms with Crippen LogP contribution in [0.5, 0.6) is 0 Å². The standard InChI is InChI=1S/C2H5BrN/c1-2(3)4/h2,4H,1H3. The van der Waals surface area contributed by atoms with E-state index in [1.165, 1.54) is 0 Å². The van der Waals surface area contributed by atoms with Crippen molar-refractivity contribution in [2.75, 3.05) is 0 Å². The van der Waals surface area contributed by atoms with Gasteiger partial charge in [-0.15, -0.1) is 0 Å². The van der Waals surface area contributed by atoms with Crippen molar-refractivity contribution in [1.29, 1.82) is 0 Å². The van der Waals surface area contributed by atoms with Crippen LogP contribution in [0.2, 0.25) is 0 Å². The van der Waals surface area contributed by atoms with Crippen LogP contribution in [-0.2, 0) is 0 Å². The predicted molar refractivity (Wildman–Crippen MR) is 21.5 cm³/mol. The summed E-state index contributed by atoms with van der Waals surface area (Å²) < 4.78 is 0. The molecule has 25 valence electrons. The summed E-state index contributed by atoms with van der Waals surface area (Å²) in [5, 5.41) is 0. The van der Waals surface area contributed by atoms with Gasteiger partial charge in [0.15, 0.2) is 0 Å². The van der Waals surface area contributed by atoms with Crippen molar-refractivity contribution in [1.82, 2.24) is 5.73 Å². The molecule has 0 aromatic rings. The van der Waals surface area contributed by atoms with E-state index in [2.05, 4.69) is 15.9 Å². The Labute approximate surface area is 34.3 Å². The van der Waals surface area contributed by atoms with Crippen LogP contribution < -0.4 is 5.73 Å². The number of alkyl halides is 1. The zero-order valence-electron chi connectivity index (χ0n) is 2.46. The van der Waals surface area contributed by atoms with Gasteiger partial charge in [-0.1, -0.05) is 15.9 Å². The summed E-state index contributed by atoms with van der Waals surface area (Å²) in [6.07, 6.45) is 0. The van der Waals surface area contributed by atoms with Crippen LogP contribution in [-0.4, -0.2) is 4.95 Å². The van der Waals surface area contributed by atoms with Gasteiger partial charge >= 0.3 is 0 Å². The highest BCUT2D eigenvalue weighted by Crippen LogP contribution is 1.83. The molecule has 0 fully saturated rings. The third kappa shape index (κ3) is 26.1. The van der Waals surface area contributed by atoms with Crippen LogP contribution in [0.4, 0.5) is 0 Å². The maximum atomic E-state index is 6.50. The van der Waals surface area contributed by atoms with Gasteiger partial charge in [-0.2, -0.15) is 0 Å². The topological polar surface area (TPSA) is 23.8 Å². The molecule has 1 radical (unpaired) electrons. The third-order valence-electron chi connectivity index (χ3n) is 0. The molecule has 0 saturated heterocycles. The summed E-state index contributed by atoms with van der Waals surface area (Å²) in [5.41, 5.74) is 6.50. The van der Waals surface area contributed by atoms with Gasteiger partial charge in [-0.05, 0) is 6.92 Å². The molecule has 0 aliphatic heterocycles. The molecule has 0 amide bonds. The van der Waals surface area contributed by atoms with Crippen molar-refractivity contribution in [3.05, 3.63) is 0 Å².